The Morgan fingerprint density at radius 3 is 2.80 bits per heavy atom. The number of aliphatic hydroxyl groups excluding tert-OH is 1. The molecule has 0 bridgehead atoms. The first kappa shape index (κ1) is 11.9. The Hall–Kier alpha value is -1.20. The molecule has 1 amide bonds. The summed E-state index contributed by atoms with van der Waals surface area (Å²) < 4.78 is 0. The van der Waals surface area contributed by atoms with E-state index in [1.807, 2.05) is 0 Å². The van der Waals surface area contributed by atoms with Crippen molar-refractivity contribution < 1.29 is 9.90 Å². The zero-order valence-corrected chi connectivity index (χ0v) is 9.25. The van der Waals surface area contributed by atoms with Gasteiger partial charge in [0.25, 0.3) is 5.91 Å². The van der Waals surface area contributed by atoms with Gasteiger partial charge in [-0.3, -0.25) is 9.78 Å². The Morgan fingerprint density at radius 2 is 2.27 bits per heavy atom. The molecule has 0 saturated heterocycles. The van der Waals surface area contributed by atoms with E-state index >= 15 is 0 Å². The zero-order valence-electron chi connectivity index (χ0n) is 8.49. The van der Waals surface area contributed by atoms with Gasteiger partial charge in [0.1, 0.15) is 10.8 Å². The lowest BCUT2D eigenvalue weighted by Crippen LogP contribution is -2.46. The van der Waals surface area contributed by atoms with Crippen molar-refractivity contribution in [2.45, 2.75) is 19.4 Å². The lowest BCUT2D eigenvalue weighted by molar-refractivity contribution is 0.0864. The van der Waals surface area contributed by atoms with Gasteiger partial charge < -0.3 is 10.4 Å². The Morgan fingerprint density at radius 1 is 1.60 bits per heavy atom. The van der Waals surface area contributed by atoms with Crippen LogP contribution in [0, 0.1) is 0 Å². The van der Waals surface area contributed by atoms with Crippen molar-refractivity contribution in [3.8, 4) is 0 Å². The number of nitrogens with one attached hydrogen (secondary N) is 1. The predicted molar refractivity (Wildman–Crippen MR) is 55.7 cm³/mol. The highest BCUT2D eigenvalue weighted by Crippen LogP contribution is 2.05. The highest BCUT2D eigenvalue weighted by Gasteiger charge is 2.20. The summed E-state index contributed by atoms with van der Waals surface area (Å²) in [7, 11) is 0. The Bertz CT molecular complexity index is 368. The van der Waals surface area contributed by atoms with Gasteiger partial charge in [-0.15, -0.1) is 0 Å². The number of hydrogen-bond acceptors (Lipinski definition) is 4. The Kier molecular flexibility index (Phi) is 3.60. The standard InChI is InChI=1S/C9H12ClN3O2/c1-9(2,5-14)13-8(15)6-3-11-4-7(10)12-6/h3-4,14H,5H2,1-2H3,(H,13,15). The van der Waals surface area contributed by atoms with E-state index in [1.165, 1.54) is 12.4 Å². The number of nitrogens with zero attached hydrogens (tertiary/aromatic N) is 2. The van der Waals surface area contributed by atoms with Gasteiger partial charge in [0.2, 0.25) is 0 Å². The molecule has 82 valence electrons. The van der Waals surface area contributed by atoms with E-state index < -0.39 is 11.4 Å². The van der Waals surface area contributed by atoms with Crippen LogP contribution in [0.3, 0.4) is 0 Å². The van der Waals surface area contributed by atoms with Gasteiger partial charge in [-0.1, -0.05) is 11.6 Å². The van der Waals surface area contributed by atoms with Gasteiger partial charge in [-0.25, -0.2) is 4.98 Å². The van der Waals surface area contributed by atoms with E-state index in [9.17, 15) is 4.79 Å². The Labute approximate surface area is 92.5 Å². The molecule has 0 aliphatic heterocycles. The summed E-state index contributed by atoms with van der Waals surface area (Å²) in [5.74, 6) is -0.413. The quantitative estimate of drug-likeness (QED) is 0.797. The van der Waals surface area contributed by atoms with E-state index in [0.717, 1.165) is 0 Å². The fourth-order valence-corrected chi connectivity index (χ4v) is 1.01. The number of hydrogen-bond donors (Lipinski definition) is 2. The normalized spacial score (nSPS) is 11.2. The fraction of sp³-hybridized carbons (Fsp3) is 0.444. The van der Waals surface area contributed by atoms with Crippen LogP contribution < -0.4 is 5.32 Å². The lowest BCUT2D eigenvalue weighted by atomic mass is 10.1. The van der Waals surface area contributed by atoms with E-state index in [1.54, 1.807) is 13.8 Å². The maximum absolute atomic E-state index is 11.6. The summed E-state index contributed by atoms with van der Waals surface area (Å²) >= 11 is 5.59. The van der Waals surface area contributed by atoms with Crippen LogP contribution in [-0.4, -0.2) is 33.1 Å². The molecule has 15 heavy (non-hydrogen) atoms. The average Bonchev–Trinajstić information content (AvgIpc) is 2.17. The number of halogens is 1. The third-order valence-corrected chi connectivity index (χ3v) is 1.87. The van der Waals surface area contributed by atoms with Crippen molar-refractivity contribution in [2.75, 3.05) is 6.61 Å². The maximum Gasteiger partial charge on any atom is 0.272 e. The molecule has 0 aromatic carbocycles. The first-order chi connectivity index (χ1) is 6.94. The molecule has 1 rings (SSSR count). The molecule has 0 saturated carbocycles. The number of amides is 1. The van der Waals surface area contributed by atoms with Crippen molar-refractivity contribution in [2.24, 2.45) is 0 Å². The molecule has 0 atom stereocenters. The SMILES string of the molecule is CC(C)(CO)NC(=O)c1cncc(Cl)n1. The van der Waals surface area contributed by atoms with E-state index in [2.05, 4.69) is 15.3 Å². The van der Waals surface area contributed by atoms with E-state index in [0.29, 0.717) is 0 Å². The van der Waals surface area contributed by atoms with Crippen LogP contribution in [0.2, 0.25) is 5.15 Å². The third kappa shape index (κ3) is 3.45. The maximum atomic E-state index is 11.6. The second-order valence-corrected chi connectivity index (χ2v) is 4.11. The first-order valence-corrected chi connectivity index (χ1v) is 4.73. The minimum absolute atomic E-state index is 0.129. The van der Waals surface area contributed by atoms with Crippen molar-refractivity contribution in [3.05, 3.63) is 23.2 Å². The van der Waals surface area contributed by atoms with Crippen molar-refractivity contribution in [1.82, 2.24) is 15.3 Å². The topological polar surface area (TPSA) is 75.1 Å². The Balaban J connectivity index is 2.78. The van der Waals surface area contributed by atoms with Crippen LogP contribution in [0.15, 0.2) is 12.4 Å². The predicted octanol–water partition coefficient (Wildman–Crippen LogP) is 0.631. The summed E-state index contributed by atoms with van der Waals surface area (Å²) in [6, 6.07) is 0. The summed E-state index contributed by atoms with van der Waals surface area (Å²) in [6.07, 6.45) is 2.66. The van der Waals surface area contributed by atoms with E-state index in [-0.39, 0.29) is 17.5 Å². The minimum Gasteiger partial charge on any atom is -0.394 e. The third-order valence-electron chi connectivity index (χ3n) is 1.68. The number of rotatable bonds is 3. The minimum atomic E-state index is -0.693. The van der Waals surface area contributed by atoms with Gasteiger partial charge in [0, 0.05) is 0 Å². The number of aromatic nitrogens is 2. The second kappa shape index (κ2) is 4.55. The monoisotopic (exact) mass is 229 g/mol. The molecule has 1 aromatic rings. The van der Waals surface area contributed by atoms with E-state index in [4.69, 9.17) is 16.7 Å². The van der Waals surface area contributed by atoms with Crippen LogP contribution in [0.25, 0.3) is 0 Å². The smallest absolute Gasteiger partial charge is 0.272 e. The molecule has 0 unspecified atom stereocenters. The first-order valence-electron chi connectivity index (χ1n) is 4.35. The highest BCUT2D eigenvalue weighted by molar-refractivity contribution is 6.29. The van der Waals surface area contributed by atoms with Gasteiger partial charge in [0.05, 0.1) is 24.5 Å². The lowest BCUT2D eigenvalue weighted by Gasteiger charge is -2.22. The van der Waals surface area contributed by atoms with Gasteiger partial charge in [0.15, 0.2) is 0 Å². The van der Waals surface area contributed by atoms with Crippen LogP contribution in [0.1, 0.15) is 24.3 Å². The molecule has 0 spiro atoms. The molecule has 0 aliphatic rings. The molecule has 5 nitrogen and oxygen atoms in total. The molecule has 0 radical (unpaired) electrons. The van der Waals surface area contributed by atoms with Crippen LogP contribution in [0.5, 0.6) is 0 Å². The zero-order chi connectivity index (χ0) is 11.5. The molecular formula is C9H12ClN3O2. The summed E-state index contributed by atoms with van der Waals surface area (Å²) in [5, 5.41) is 11.7. The van der Waals surface area contributed by atoms with Gasteiger partial charge in [-0.2, -0.15) is 0 Å². The second-order valence-electron chi connectivity index (χ2n) is 3.72. The molecule has 6 heteroatoms. The van der Waals surface area contributed by atoms with Gasteiger partial charge >= 0.3 is 0 Å². The van der Waals surface area contributed by atoms with Crippen LogP contribution >= 0.6 is 11.6 Å². The van der Waals surface area contributed by atoms with Crippen molar-refractivity contribution in [1.29, 1.82) is 0 Å². The molecule has 1 heterocycles. The fourth-order valence-electron chi connectivity index (χ4n) is 0.862. The summed E-state index contributed by atoms with van der Waals surface area (Å²) in [4.78, 5) is 19.1. The molecule has 2 N–H and O–H groups in total. The van der Waals surface area contributed by atoms with Crippen molar-refractivity contribution in [3.63, 3.8) is 0 Å². The summed E-state index contributed by atoms with van der Waals surface area (Å²) in [5.41, 5.74) is -0.565. The molecule has 0 aliphatic carbocycles. The highest BCUT2D eigenvalue weighted by atomic mass is 35.5. The summed E-state index contributed by atoms with van der Waals surface area (Å²) in [6.45, 7) is 3.23. The molecule has 1 aromatic heterocycles. The molecular weight excluding hydrogens is 218 g/mol. The van der Waals surface area contributed by atoms with Gasteiger partial charge in [-0.05, 0) is 13.8 Å². The molecule has 0 fully saturated rings. The van der Waals surface area contributed by atoms with Crippen LogP contribution in [-0.2, 0) is 0 Å². The van der Waals surface area contributed by atoms with Crippen molar-refractivity contribution >= 4 is 17.5 Å². The number of carbonyl (C=O) groups is 1. The van der Waals surface area contributed by atoms with Crippen LogP contribution in [0.4, 0.5) is 0 Å². The average molecular weight is 230 g/mol. The number of carbonyl (C=O) groups excluding carboxylic acids is 1. The number of aliphatic hydroxyl groups is 1. The largest absolute Gasteiger partial charge is 0.394 e.